The first-order chi connectivity index (χ1) is 12.5. The number of ether oxygens (including phenoxy) is 2. The second kappa shape index (κ2) is 11.1. The van der Waals surface area contributed by atoms with Crippen molar-refractivity contribution in [1.29, 1.82) is 0 Å². The van der Waals surface area contributed by atoms with Gasteiger partial charge in [0.15, 0.2) is 17.4 Å². The average Bonchev–Trinajstić information content (AvgIpc) is 2.66. The first kappa shape index (κ1) is 21.4. The van der Waals surface area contributed by atoms with E-state index in [1.54, 1.807) is 13.8 Å². The van der Waals surface area contributed by atoms with Crippen molar-refractivity contribution in [3.63, 3.8) is 0 Å². The van der Waals surface area contributed by atoms with E-state index < -0.39 is 11.7 Å². The highest BCUT2D eigenvalue weighted by atomic mass is 19.2. The fourth-order valence-corrected chi connectivity index (χ4v) is 4.52. The van der Waals surface area contributed by atoms with Crippen LogP contribution in [0.1, 0.15) is 72.1 Å². The van der Waals surface area contributed by atoms with Crippen LogP contribution in [0, 0.1) is 23.7 Å². The Morgan fingerprint density at radius 1 is 0.962 bits per heavy atom. The molecule has 2 aliphatic carbocycles. The molecule has 2 aliphatic rings. The second-order valence-electron chi connectivity index (χ2n) is 8.12. The maximum atomic E-state index is 13.9. The molecule has 2 fully saturated rings. The molecule has 0 heterocycles. The number of allylic oxidation sites excluding steroid dienone is 2. The van der Waals surface area contributed by atoms with Crippen LogP contribution in [-0.4, -0.2) is 19.8 Å². The van der Waals surface area contributed by atoms with E-state index in [2.05, 4.69) is 6.92 Å². The molecule has 0 amide bonds. The van der Waals surface area contributed by atoms with Gasteiger partial charge in [0.25, 0.3) is 0 Å². The first-order valence-corrected chi connectivity index (χ1v) is 10.5. The largest absolute Gasteiger partial charge is 0.491 e. The lowest BCUT2D eigenvalue weighted by Crippen LogP contribution is -2.26. The first-order valence-electron chi connectivity index (χ1n) is 10.5. The molecule has 4 heteroatoms. The van der Waals surface area contributed by atoms with Gasteiger partial charge in [-0.05, 0) is 82.1 Å². The van der Waals surface area contributed by atoms with E-state index in [1.165, 1.54) is 44.6 Å². The lowest BCUT2D eigenvalue weighted by Gasteiger charge is -2.37. The summed E-state index contributed by atoms with van der Waals surface area (Å²) < 4.78 is 38.4. The second-order valence-corrected chi connectivity index (χ2v) is 8.12. The van der Waals surface area contributed by atoms with Gasteiger partial charge in [0.1, 0.15) is 6.61 Å². The predicted molar refractivity (Wildman–Crippen MR) is 102 cm³/mol. The monoisotopic (exact) mass is 370 g/mol. The van der Waals surface area contributed by atoms with Crippen molar-refractivity contribution in [2.24, 2.45) is 23.7 Å². The zero-order valence-electron chi connectivity index (χ0n) is 16.7. The minimum absolute atomic E-state index is 0.0455. The summed E-state index contributed by atoms with van der Waals surface area (Å²) in [5, 5.41) is 0. The summed E-state index contributed by atoms with van der Waals surface area (Å²) >= 11 is 0. The molecule has 2 rings (SSSR count). The Kier molecular flexibility index (Phi) is 9.10. The van der Waals surface area contributed by atoms with Gasteiger partial charge in [0.05, 0.1) is 6.61 Å². The van der Waals surface area contributed by atoms with Crippen LogP contribution in [-0.2, 0) is 9.47 Å². The summed E-state index contributed by atoms with van der Waals surface area (Å²) in [4.78, 5) is 0. The topological polar surface area (TPSA) is 18.5 Å². The van der Waals surface area contributed by atoms with Crippen molar-refractivity contribution in [2.45, 2.75) is 72.1 Å². The molecule has 0 bridgehead atoms. The lowest BCUT2D eigenvalue weighted by molar-refractivity contribution is 0.0689. The van der Waals surface area contributed by atoms with Crippen LogP contribution < -0.4 is 0 Å². The quantitative estimate of drug-likeness (QED) is 0.348. The molecule has 0 aromatic rings. The zero-order valence-corrected chi connectivity index (χ0v) is 16.7. The highest BCUT2D eigenvalue weighted by molar-refractivity contribution is 5.22. The average molecular weight is 371 g/mol. The minimum Gasteiger partial charge on any atom is -0.491 e. The van der Waals surface area contributed by atoms with Crippen LogP contribution in [0.4, 0.5) is 8.78 Å². The molecular weight excluding hydrogens is 334 g/mol. The summed E-state index contributed by atoms with van der Waals surface area (Å²) in [6.07, 6.45) is 11.9. The zero-order chi connectivity index (χ0) is 18.9. The molecule has 0 aromatic carbocycles. The Morgan fingerprint density at radius 3 is 2.08 bits per heavy atom. The van der Waals surface area contributed by atoms with Crippen molar-refractivity contribution in [2.75, 3.05) is 19.8 Å². The van der Waals surface area contributed by atoms with Gasteiger partial charge in [-0.3, -0.25) is 0 Å². The van der Waals surface area contributed by atoms with Gasteiger partial charge >= 0.3 is 0 Å². The molecule has 26 heavy (non-hydrogen) atoms. The molecule has 2 saturated carbocycles. The summed E-state index contributed by atoms with van der Waals surface area (Å²) in [5.74, 6) is 1.32. The van der Waals surface area contributed by atoms with E-state index in [0.29, 0.717) is 19.1 Å². The van der Waals surface area contributed by atoms with Crippen molar-refractivity contribution in [1.82, 2.24) is 0 Å². The van der Waals surface area contributed by atoms with Crippen LogP contribution in [0.3, 0.4) is 0 Å². The Balaban J connectivity index is 1.68. The molecule has 0 aromatic heterocycles. The molecule has 0 atom stereocenters. The molecule has 0 saturated heterocycles. The van der Waals surface area contributed by atoms with Crippen molar-refractivity contribution < 1.29 is 18.3 Å². The lowest BCUT2D eigenvalue weighted by atomic mass is 9.69. The number of hydrogen-bond acceptors (Lipinski definition) is 2. The fraction of sp³-hybridized carbons (Fsp3) is 0.818. The summed E-state index contributed by atoms with van der Waals surface area (Å²) in [6, 6.07) is 0. The van der Waals surface area contributed by atoms with Crippen molar-refractivity contribution in [3.05, 3.63) is 23.5 Å². The van der Waals surface area contributed by atoms with Gasteiger partial charge < -0.3 is 9.47 Å². The minimum atomic E-state index is -0.940. The van der Waals surface area contributed by atoms with Crippen LogP contribution in [0.15, 0.2) is 23.5 Å². The molecule has 0 aliphatic heterocycles. The van der Waals surface area contributed by atoms with Gasteiger partial charge in [0.2, 0.25) is 0 Å². The van der Waals surface area contributed by atoms with Gasteiger partial charge in [-0.1, -0.05) is 19.8 Å². The molecule has 0 unspecified atom stereocenters. The van der Waals surface area contributed by atoms with Gasteiger partial charge in [0, 0.05) is 6.61 Å². The Labute approximate surface area is 158 Å². The third kappa shape index (κ3) is 6.37. The third-order valence-electron chi connectivity index (χ3n) is 6.22. The van der Waals surface area contributed by atoms with Crippen molar-refractivity contribution in [3.8, 4) is 0 Å². The highest BCUT2D eigenvalue weighted by Gasteiger charge is 2.30. The smallest absolute Gasteiger partial charge is 0.198 e. The molecule has 0 spiro atoms. The Morgan fingerprint density at radius 2 is 1.54 bits per heavy atom. The molecule has 2 nitrogen and oxygen atoms in total. The van der Waals surface area contributed by atoms with Crippen LogP contribution in [0.25, 0.3) is 0 Å². The maximum Gasteiger partial charge on any atom is 0.198 e. The van der Waals surface area contributed by atoms with Gasteiger partial charge in [-0.25, -0.2) is 4.39 Å². The Hall–Kier alpha value is -0.900. The Bertz CT molecular complexity index is 471. The summed E-state index contributed by atoms with van der Waals surface area (Å²) in [7, 11) is 0. The summed E-state index contributed by atoms with van der Waals surface area (Å²) in [5.41, 5.74) is 0. The molecule has 150 valence electrons. The molecular formula is C22H36F2O2. The summed E-state index contributed by atoms with van der Waals surface area (Å²) in [6.45, 7) is 6.27. The van der Waals surface area contributed by atoms with E-state index in [1.807, 2.05) is 0 Å². The molecule has 0 radical (unpaired) electrons. The standard InChI is InChI=1S/C22H36F2O2/c1-4-21(26-5-2)22(24)20(23)15-25-14-17-8-12-19(13-9-17)18-10-6-16(3)7-11-18/h4,16-19H,5-15H2,1-3H3/b21-4+,22-20-. The van der Waals surface area contributed by atoms with E-state index in [4.69, 9.17) is 9.47 Å². The number of halogens is 2. The normalized spacial score (nSPS) is 31.5. The van der Waals surface area contributed by atoms with Gasteiger partial charge in [-0.15, -0.1) is 0 Å². The van der Waals surface area contributed by atoms with E-state index in [0.717, 1.165) is 30.6 Å². The fourth-order valence-electron chi connectivity index (χ4n) is 4.52. The van der Waals surface area contributed by atoms with Gasteiger partial charge in [-0.2, -0.15) is 4.39 Å². The maximum absolute atomic E-state index is 13.9. The van der Waals surface area contributed by atoms with Crippen LogP contribution in [0.2, 0.25) is 0 Å². The SMILES string of the molecule is C/C=C(OCC)\C(F)=C(\F)COCC1CCC(C2CCC(C)CC2)CC1. The third-order valence-corrected chi connectivity index (χ3v) is 6.22. The van der Waals surface area contributed by atoms with Crippen molar-refractivity contribution >= 4 is 0 Å². The van der Waals surface area contributed by atoms with E-state index in [9.17, 15) is 8.78 Å². The predicted octanol–water partition coefficient (Wildman–Crippen LogP) is 6.73. The highest BCUT2D eigenvalue weighted by Crippen LogP contribution is 2.41. The number of hydrogen-bond donors (Lipinski definition) is 0. The van der Waals surface area contributed by atoms with Crippen LogP contribution in [0.5, 0.6) is 0 Å². The number of rotatable bonds is 8. The van der Waals surface area contributed by atoms with E-state index >= 15 is 0 Å². The van der Waals surface area contributed by atoms with E-state index in [-0.39, 0.29) is 12.4 Å². The molecule has 0 N–H and O–H groups in total. The van der Waals surface area contributed by atoms with Crippen LogP contribution >= 0.6 is 0 Å².